The summed E-state index contributed by atoms with van der Waals surface area (Å²) in [6.45, 7) is 7.26. The van der Waals surface area contributed by atoms with Crippen LogP contribution in [0, 0.1) is 13.8 Å². The molecule has 3 heterocycles. The number of hydrogen-bond donors (Lipinski definition) is 4. The zero-order valence-electron chi connectivity index (χ0n) is 24.6. The summed E-state index contributed by atoms with van der Waals surface area (Å²) in [4.78, 5) is 47.8. The normalized spacial score (nSPS) is 16.0. The van der Waals surface area contributed by atoms with Gasteiger partial charge in [0, 0.05) is 31.5 Å². The predicted octanol–water partition coefficient (Wildman–Crippen LogP) is 4.17. The van der Waals surface area contributed by atoms with Crippen LogP contribution >= 0.6 is 0 Å². The second-order valence-corrected chi connectivity index (χ2v) is 13.6. The van der Waals surface area contributed by atoms with Crippen LogP contribution in [0.25, 0.3) is 10.9 Å². The first-order chi connectivity index (χ1) is 20.3. The molecule has 3 aromatic carbocycles. The Balaban J connectivity index is 1.62. The zero-order chi connectivity index (χ0) is 31.1. The summed E-state index contributed by atoms with van der Waals surface area (Å²) in [5.74, 6) is -0.402. The fraction of sp³-hybridized carbons (Fsp3) is 0.290. The average Bonchev–Trinajstić information content (AvgIpc) is 2.96. The lowest BCUT2D eigenvalue weighted by Crippen LogP contribution is -2.34. The number of hydrogen-bond acceptors (Lipinski definition) is 7. The number of benzene rings is 3. The Morgan fingerprint density at radius 3 is 2.42 bits per heavy atom. The van der Waals surface area contributed by atoms with Crippen molar-refractivity contribution in [3.8, 4) is 0 Å². The second kappa shape index (κ2) is 11.5. The Morgan fingerprint density at radius 2 is 1.72 bits per heavy atom. The molecule has 2 aliphatic rings. The van der Waals surface area contributed by atoms with Crippen LogP contribution in [0.3, 0.4) is 0 Å². The van der Waals surface area contributed by atoms with Gasteiger partial charge >= 0.3 is 6.03 Å². The molecule has 1 aromatic heterocycles. The highest BCUT2D eigenvalue weighted by molar-refractivity contribution is 7.92. The molecule has 1 unspecified atom stereocenters. The standard InChI is InChI=1S/C31H34N6O5S/c1-17(2)43(41,42)27-9-7-22-12-21(27)14-32-30(39)28(35-23-6-8-26-24(13-23)29(38)34-16-33-26)20-10-18(3)25(19(4)11-20)15-37(5)31(40)36-22/h6-13,16-17,28,35H,14-15H2,1-5H3,(H,32,39)(H,36,40)(H,33,34,38). The van der Waals surface area contributed by atoms with Gasteiger partial charge < -0.3 is 25.8 Å². The fourth-order valence-corrected chi connectivity index (χ4v) is 6.47. The number of carbonyl (C=O) groups excluding carboxylic acids is 2. The highest BCUT2D eigenvalue weighted by atomic mass is 32.2. The van der Waals surface area contributed by atoms with E-state index in [1.54, 1.807) is 56.1 Å². The number of aryl methyl sites for hydroxylation is 2. The lowest BCUT2D eigenvalue weighted by atomic mass is 9.94. The summed E-state index contributed by atoms with van der Waals surface area (Å²) in [5.41, 5.74) is 4.91. The smallest absolute Gasteiger partial charge is 0.321 e. The largest absolute Gasteiger partial charge is 0.370 e. The van der Waals surface area contributed by atoms with Gasteiger partial charge in [-0.25, -0.2) is 18.2 Å². The van der Waals surface area contributed by atoms with Gasteiger partial charge in [-0.15, -0.1) is 0 Å². The zero-order valence-corrected chi connectivity index (χ0v) is 25.4. The molecule has 0 aliphatic carbocycles. The highest BCUT2D eigenvalue weighted by Crippen LogP contribution is 2.29. The molecule has 224 valence electrons. The van der Waals surface area contributed by atoms with Gasteiger partial charge in [-0.05, 0) is 91.9 Å². The quantitative estimate of drug-likeness (QED) is 0.273. The van der Waals surface area contributed by atoms with Crippen LogP contribution in [0.2, 0.25) is 0 Å². The molecule has 0 saturated heterocycles. The first-order valence-corrected chi connectivity index (χ1v) is 15.4. The van der Waals surface area contributed by atoms with E-state index in [2.05, 4.69) is 25.9 Å². The molecule has 0 fully saturated rings. The van der Waals surface area contributed by atoms with Crippen LogP contribution in [-0.2, 0) is 27.7 Å². The number of H-pyrrole nitrogens is 1. The third-order valence-electron chi connectivity index (χ3n) is 7.70. The van der Waals surface area contributed by atoms with Crippen molar-refractivity contribution < 1.29 is 18.0 Å². The van der Waals surface area contributed by atoms with E-state index in [1.807, 2.05) is 26.0 Å². The number of nitrogens with zero attached hydrogens (tertiary/aromatic N) is 2. The van der Waals surface area contributed by atoms with Gasteiger partial charge in [-0.3, -0.25) is 9.59 Å². The molecular formula is C31H34N6O5S. The van der Waals surface area contributed by atoms with Crippen LogP contribution in [0.1, 0.15) is 47.7 Å². The van der Waals surface area contributed by atoms with E-state index in [9.17, 15) is 22.8 Å². The van der Waals surface area contributed by atoms with Crippen molar-refractivity contribution in [1.82, 2.24) is 20.2 Å². The van der Waals surface area contributed by atoms with E-state index in [1.165, 1.54) is 12.4 Å². The molecule has 4 N–H and O–H groups in total. The van der Waals surface area contributed by atoms with Gasteiger partial charge in [0.2, 0.25) is 5.91 Å². The van der Waals surface area contributed by atoms with Crippen LogP contribution in [-0.4, -0.2) is 47.5 Å². The summed E-state index contributed by atoms with van der Waals surface area (Å²) in [6.07, 6.45) is 1.33. The van der Waals surface area contributed by atoms with Crippen molar-refractivity contribution in [1.29, 1.82) is 0 Å². The maximum Gasteiger partial charge on any atom is 0.321 e. The van der Waals surface area contributed by atoms with Crippen LogP contribution in [0.15, 0.2) is 64.5 Å². The van der Waals surface area contributed by atoms with Crippen molar-refractivity contribution in [2.45, 2.75) is 57.0 Å². The van der Waals surface area contributed by atoms with Crippen LogP contribution < -0.4 is 21.5 Å². The number of nitrogens with one attached hydrogen (secondary N) is 4. The van der Waals surface area contributed by atoms with E-state index >= 15 is 0 Å². The third-order valence-corrected chi connectivity index (χ3v) is 9.95. The van der Waals surface area contributed by atoms with Crippen molar-refractivity contribution in [3.63, 3.8) is 0 Å². The molecule has 2 aliphatic heterocycles. The maximum absolute atomic E-state index is 13.9. The molecule has 4 aromatic rings. The monoisotopic (exact) mass is 602 g/mol. The van der Waals surface area contributed by atoms with Gasteiger partial charge in [-0.2, -0.15) is 0 Å². The minimum Gasteiger partial charge on any atom is -0.370 e. The number of urea groups is 1. The molecule has 43 heavy (non-hydrogen) atoms. The summed E-state index contributed by atoms with van der Waals surface area (Å²) in [6, 6.07) is 12.2. The van der Waals surface area contributed by atoms with Crippen LogP contribution in [0.5, 0.6) is 0 Å². The van der Waals surface area contributed by atoms with Crippen molar-refractivity contribution >= 4 is 44.1 Å². The molecule has 11 nitrogen and oxygen atoms in total. The number of aromatic amines is 1. The number of anilines is 2. The molecule has 0 saturated carbocycles. The number of carbonyl (C=O) groups is 2. The van der Waals surface area contributed by atoms with Gasteiger partial charge in [0.05, 0.1) is 27.4 Å². The van der Waals surface area contributed by atoms with Crippen molar-refractivity contribution in [2.24, 2.45) is 0 Å². The SMILES string of the molecule is Cc1cc2cc(C)c1CN(C)C(=O)Nc1ccc(S(=O)(=O)C(C)C)c(c1)CNC(=O)C2Nc1ccc2nc[nH]c(=O)c2c1. The number of aromatic nitrogens is 2. The first-order valence-electron chi connectivity index (χ1n) is 13.9. The Bertz CT molecular complexity index is 1890. The van der Waals surface area contributed by atoms with E-state index in [-0.39, 0.29) is 23.0 Å². The fourth-order valence-electron chi connectivity index (χ4n) is 5.21. The van der Waals surface area contributed by atoms with Gasteiger partial charge in [-0.1, -0.05) is 12.1 Å². The highest BCUT2D eigenvalue weighted by Gasteiger charge is 2.27. The molecule has 12 heteroatoms. The Morgan fingerprint density at radius 1 is 1.00 bits per heavy atom. The van der Waals surface area contributed by atoms with E-state index < -0.39 is 27.0 Å². The third kappa shape index (κ3) is 5.96. The van der Waals surface area contributed by atoms with Gasteiger partial charge in [0.1, 0.15) is 6.04 Å². The number of amides is 3. The summed E-state index contributed by atoms with van der Waals surface area (Å²) < 4.78 is 26.4. The number of rotatable bonds is 4. The van der Waals surface area contributed by atoms with E-state index in [0.29, 0.717) is 39.9 Å². The summed E-state index contributed by atoms with van der Waals surface area (Å²) in [5, 5.41) is 8.70. The Hall–Kier alpha value is -4.71. The summed E-state index contributed by atoms with van der Waals surface area (Å²) in [7, 11) is -2.01. The molecule has 3 amide bonds. The minimum atomic E-state index is -3.69. The minimum absolute atomic E-state index is 0.0832. The van der Waals surface area contributed by atoms with Crippen molar-refractivity contribution in [2.75, 3.05) is 17.7 Å². The molecule has 4 bridgehead atoms. The topological polar surface area (TPSA) is 153 Å². The molecule has 1 atom stereocenters. The number of fused-ring (bicyclic) bond motifs is 9. The lowest BCUT2D eigenvalue weighted by Gasteiger charge is -2.24. The van der Waals surface area contributed by atoms with Gasteiger partial charge in [0.25, 0.3) is 5.56 Å². The molecule has 0 radical (unpaired) electrons. The van der Waals surface area contributed by atoms with Crippen LogP contribution in [0.4, 0.5) is 16.2 Å². The van der Waals surface area contributed by atoms with E-state index in [0.717, 1.165) is 16.7 Å². The molecular weight excluding hydrogens is 568 g/mol. The molecule has 0 spiro atoms. The van der Waals surface area contributed by atoms with E-state index in [4.69, 9.17) is 0 Å². The Kier molecular flexibility index (Phi) is 7.98. The lowest BCUT2D eigenvalue weighted by molar-refractivity contribution is -0.122. The Labute approximate surface area is 249 Å². The number of sulfone groups is 1. The summed E-state index contributed by atoms with van der Waals surface area (Å²) >= 11 is 0. The second-order valence-electron chi connectivity index (χ2n) is 11.1. The van der Waals surface area contributed by atoms with Gasteiger partial charge in [0.15, 0.2) is 9.84 Å². The maximum atomic E-state index is 13.9. The molecule has 6 rings (SSSR count). The average molecular weight is 603 g/mol. The first kappa shape index (κ1) is 29.8. The predicted molar refractivity (Wildman–Crippen MR) is 166 cm³/mol. The van der Waals surface area contributed by atoms with Crippen molar-refractivity contribution in [3.05, 3.63) is 93.0 Å².